The van der Waals surface area contributed by atoms with E-state index in [0.717, 1.165) is 5.92 Å². The number of piperidine rings is 1. The number of rotatable bonds is 18. The highest BCUT2D eigenvalue weighted by atomic mass is 27.2. The minimum absolute atomic E-state index is 0.561. The summed E-state index contributed by atoms with van der Waals surface area (Å²) in [4.78, 5) is 2.49. The van der Waals surface area contributed by atoms with E-state index in [0.29, 0.717) is 6.10 Å². The first-order valence-corrected chi connectivity index (χ1v) is 15.2. The molecule has 2 nitrogen and oxygen atoms in total. The van der Waals surface area contributed by atoms with Gasteiger partial charge in [0.25, 0.3) is 0 Å². The second kappa shape index (κ2) is 18.2. The van der Waals surface area contributed by atoms with Crippen LogP contribution < -0.4 is 0 Å². The van der Waals surface area contributed by atoms with Crippen molar-refractivity contribution in [2.45, 2.75) is 134 Å². The van der Waals surface area contributed by atoms with Gasteiger partial charge in [0.15, 0.2) is 0 Å². The van der Waals surface area contributed by atoms with Gasteiger partial charge in [0.05, 0.1) is 0 Å². The van der Waals surface area contributed by atoms with Crippen molar-refractivity contribution >= 4 is 14.5 Å². The Morgan fingerprint density at radius 3 is 1.68 bits per heavy atom. The second-order valence-electron chi connectivity index (χ2n) is 9.46. The molecule has 0 aromatic rings. The molecule has 1 saturated heterocycles. The molecule has 0 N–H and O–H groups in total. The molecule has 1 atom stereocenters. The van der Waals surface area contributed by atoms with E-state index in [-0.39, 0.29) is 0 Å². The van der Waals surface area contributed by atoms with Crippen LogP contribution in [0, 0.1) is 5.92 Å². The largest absolute Gasteiger partial charge is 0.498 e. The van der Waals surface area contributed by atoms with Gasteiger partial charge in [0, 0.05) is 6.10 Å². The first-order valence-electron chi connectivity index (χ1n) is 13.0. The Bertz CT molecular complexity index is 315. The number of hydrogen-bond donors (Lipinski definition) is 0. The molecule has 1 aliphatic heterocycles. The highest BCUT2D eigenvalue weighted by molar-refractivity contribution is 6.51. The van der Waals surface area contributed by atoms with Gasteiger partial charge in [-0.1, -0.05) is 108 Å². The lowest BCUT2D eigenvalue weighted by Crippen LogP contribution is -2.38. The highest BCUT2D eigenvalue weighted by Crippen LogP contribution is 2.27. The maximum absolute atomic E-state index is 6.95. The predicted octanol–water partition coefficient (Wildman–Crippen LogP) is 7.84. The lowest BCUT2D eigenvalue weighted by molar-refractivity contribution is 0.0796. The summed E-state index contributed by atoms with van der Waals surface area (Å²) in [6, 6.07) is 0. The predicted molar refractivity (Wildman–Crippen MR) is 128 cm³/mol. The van der Waals surface area contributed by atoms with Crippen LogP contribution >= 0.6 is 0 Å². The average Bonchev–Trinajstić information content (AvgIpc) is 2.71. The molecular formula is C25H52AlNO. The summed E-state index contributed by atoms with van der Waals surface area (Å²) in [6.45, 7) is 9.53. The molecule has 1 rings (SSSR count). The van der Waals surface area contributed by atoms with Gasteiger partial charge in [-0.25, -0.2) is 0 Å². The van der Waals surface area contributed by atoms with E-state index in [1.807, 2.05) is 0 Å². The van der Waals surface area contributed by atoms with Gasteiger partial charge in [0.1, 0.15) is 0 Å². The molecule has 0 saturated carbocycles. The van der Waals surface area contributed by atoms with Gasteiger partial charge in [-0.15, -0.1) is 0 Å². The zero-order valence-electron chi connectivity index (χ0n) is 20.0. The van der Waals surface area contributed by atoms with Crippen LogP contribution in [0.1, 0.15) is 117 Å². The third-order valence-electron chi connectivity index (χ3n) is 6.82. The monoisotopic (exact) mass is 409 g/mol. The molecule has 0 spiro atoms. The lowest BCUT2D eigenvalue weighted by atomic mass is 9.90. The molecule has 28 heavy (non-hydrogen) atoms. The number of hydrogen-bond acceptors (Lipinski definition) is 2. The summed E-state index contributed by atoms with van der Waals surface area (Å²) in [6.07, 6.45) is 21.5. The molecule has 0 amide bonds. The van der Waals surface area contributed by atoms with Crippen molar-refractivity contribution in [3.63, 3.8) is 0 Å². The fraction of sp³-hybridized carbons (Fsp3) is 1.00. The maximum Gasteiger partial charge on any atom is 0.460 e. The number of likely N-dealkylation sites (tertiary alicyclic amines) is 1. The Labute approximate surface area is 182 Å². The SMILES string of the molecule is CCCCCCC[CH2][Al]([CH2]CCCCCCC)[O]C(CC)C1CCN(C)CC1. The normalized spacial score (nSPS) is 17.1. The summed E-state index contributed by atoms with van der Waals surface area (Å²) >= 11 is -1.03. The van der Waals surface area contributed by atoms with Gasteiger partial charge >= 0.3 is 14.5 Å². The molecule has 1 heterocycles. The molecule has 0 aromatic carbocycles. The van der Waals surface area contributed by atoms with E-state index in [4.69, 9.17) is 3.79 Å². The van der Waals surface area contributed by atoms with Crippen molar-refractivity contribution in [2.75, 3.05) is 20.1 Å². The Balaban J connectivity index is 2.38. The smallest absolute Gasteiger partial charge is 0.460 e. The molecule has 0 radical (unpaired) electrons. The first kappa shape index (κ1) is 26.5. The zero-order chi connectivity index (χ0) is 20.5. The molecular weight excluding hydrogens is 357 g/mol. The van der Waals surface area contributed by atoms with E-state index in [1.165, 1.54) is 120 Å². The molecule has 0 bridgehead atoms. The maximum atomic E-state index is 6.95. The number of unbranched alkanes of at least 4 members (excludes halogenated alkanes) is 10. The van der Waals surface area contributed by atoms with Crippen LogP contribution in [0.15, 0.2) is 0 Å². The fourth-order valence-corrected chi connectivity index (χ4v) is 7.73. The first-order chi connectivity index (χ1) is 13.7. The van der Waals surface area contributed by atoms with Crippen LogP contribution in [-0.4, -0.2) is 45.6 Å². The summed E-state index contributed by atoms with van der Waals surface area (Å²) in [7, 11) is 2.27. The van der Waals surface area contributed by atoms with E-state index < -0.39 is 14.5 Å². The van der Waals surface area contributed by atoms with Crippen LogP contribution in [-0.2, 0) is 3.79 Å². The second-order valence-corrected chi connectivity index (χ2v) is 12.1. The minimum atomic E-state index is -1.03. The molecule has 1 fully saturated rings. The molecule has 3 heteroatoms. The summed E-state index contributed by atoms with van der Waals surface area (Å²) < 4.78 is 6.95. The molecule has 0 aliphatic carbocycles. The van der Waals surface area contributed by atoms with E-state index in [9.17, 15) is 0 Å². The fourth-order valence-electron chi connectivity index (χ4n) is 4.77. The van der Waals surface area contributed by atoms with Crippen LogP contribution in [0.5, 0.6) is 0 Å². The Hall–Kier alpha value is 0.452. The molecule has 1 unspecified atom stereocenters. The van der Waals surface area contributed by atoms with Gasteiger partial charge in [0.2, 0.25) is 0 Å². The van der Waals surface area contributed by atoms with E-state index in [2.05, 4.69) is 32.7 Å². The van der Waals surface area contributed by atoms with E-state index in [1.54, 1.807) is 0 Å². The summed E-state index contributed by atoms with van der Waals surface area (Å²) in [5.74, 6) is 0.824. The van der Waals surface area contributed by atoms with Crippen molar-refractivity contribution in [2.24, 2.45) is 5.92 Å². The van der Waals surface area contributed by atoms with Gasteiger partial charge < -0.3 is 8.69 Å². The van der Waals surface area contributed by atoms with Gasteiger partial charge in [-0.3, -0.25) is 0 Å². The van der Waals surface area contributed by atoms with Gasteiger partial charge in [-0.2, -0.15) is 0 Å². The van der Waals surface area contributed by atoms with Crippen LogP contribution in [0.2, 0.25) is 10.6 Å². The van der Waals surface area contributed by atoms with E-state index >= 15 is 0 Å². The number of nitrogens with zero attached hydrogens (tertiary/aromatic N) is 1. The van der Waals surface area contributed by atoms with Crippen molar-refractivity contribution in [1.29, 1.82) is 0 Å². The Morgan fingerprint density at radius 2 is 1.21 bits per heavy atom. The Kier molecular flexibility index (Phi) is 17.3. The topological polar surface area (TPSA) is 12.5 Å². The highest BCUT2D eigenvalue weighted by Gasteiger charge is 2.29. The average molecular weight is 410 g/mol. The van der Waals surface area contributed by atoms with Crippen molar-refractivity contribution < 1.29 is 3.79 Å². The third-order valence-corrected chi connectivity index (χ3v) is 9.66. The summed E-state index contributed by atoms with van der Waals surface area (Å²) in [5.41, 5.74) is 0. The van der Waals surface area contributed by atoms with Gasteiger partial charge in [-0.05, 0) is 45.3 Å². The zero-order valence-corrected chi connectivity index (χ0v) is 21.2. The summed E-state index contributed by atoms with van der Waals surface area (Å²) in [5, 5.41) is 2.87. The van der Waals surface area contributed by atoms with Crippen LogP contribution in [0.25, 0.3) is 0 Å². The standard InChI is InChI=1S/C9H18NO.2C8H17.Al/c1-3-9(11)8-4-6-10(2)7-5-8;2*1-3-5-7-8-6-4-2;/h8-9H,3-7H2,1-2H3;2*1,3-8H2,2H3;/q-1;;;+1. The van der Waals surface area contributed by atoms with Crippen molar-refractivity contribution in [3.8, 4) is 0 Å². The molecule has 0 aromatic heterocycles. The minimum Gasteiger partial charge on any atom is -0.498 e. The molecule has 1 aliphatic rings. The third kappa shape index (κ3) is 12.9. The van der Waals surface area contributed by atoms with Crippen molar-refractivity contribution in [1.82, 2.24) is 4.90 Å². The lowest BCUT2D eigenvalue weighted by Gasteiger charge is -2.36. The quantitative estimate of drug-likeness (QED) is 0.169. The van der Waals surface area contributed by atoms with Crippen LogP contribution in [0.3, 0.4) is 0 Å². The Morgan fingerprint density at radius 1 is 0.750 bits per heavy atom. The van der Waals surface area contributed by atoms with Crippen molar-refractivity contribution in [3.05, 3.63) is 0 Å². The van der Waals surface area contributed by atoms with Crippen LogP contribution in [0.4, 0.5) is 0 Å². The molecule has 166 valence electrons.